The van der Waals surface area contributed by atoms with Gasteiger partial charge in [-0.3, -0.25) is 10.1 Å². The molecule has 0 radical (unpaired) electrons. The van der Waals surface area contributed by atoms with E-state index in [2.05, 4.69) is 4.98 Å². The van der Waals surface area contributed by atoms with Crippen molar-refractivity contribution in [1.29, 1.82) is 5.26 Å². The number of hydrogen-bond acceptors (Lipinski definition) is 6. The number of nitrogen functional groups attached to an aromatic ring is 1. The SMILES string of the molecule is COc1ccccc1-c1cc(-c2cccc([N+](=O)[O-])c2)c(C#N)c(N)n1. The van der Waals surface area contributed by atoms with Gasteiger partial charge in [0, 0.05) is 23.3 Å². The van der Waals surface area contributed by atoms with Crippen molar-refractivity contribution in [2.75, 3.05) is 12.8 Å². The molecule has 128 valence electrons. The standard InChI is InChI=1S/C19H14N4O3/c1-26-18-8-3-2-7-14(18)17-10-15(16(11-20)19(21)22-17)12-5-4-6-13(9-12)23(24)25/h2-10H,1H3,(H2,21,22). The first-order chi connectivity index (χ1) is 12.5. The van der Waals surface area contributed by atoms with Gasteiger partial charge in [-0.05, 0) is 23.8 Å². The predicted molar refractivity (Wildman–Crippen MR) is 97.4 cm³/mol. The Morgan fingerprint density at radius 3 is 2.62 bits per heavy atom. The zero-order valence-electron chi connectivity index (χ0n) is 13.8. The van der Waals surface area contributed by atoms with Gasteiger partial charge in [-0.2, -0.15) is 5.26 Å². The van der Waals surface area contributed by atoms with Gasteiger partial charge in [0.25, 0.3) is 5.69 Å². The number of benzene rings is 2. The number of nitrogens with two attached hydrogens (primary N) is 1. The van der Waals surface area contributed by atoms with E-state index in [0.717, 1.165) is 0 Å². The van der Waals surface area contributed by atoms with Crippen LogP contribution in [0.25, 0.3) is 22.4 Å². The molecule has 0 bridgehead atoms. The summed E-state index contributed by atoms with van der Waals surface area (Å²) in [6, 6.07) is 17.0. The number of para-hydroxylation sites is 1. The van der Waals surface area contributed by atoms with E-state index in [1.54, 1.807) is 31.4 Å². The third-order valence-corrected chi connectivity index (χ3v) is 3.91. The lowest BCUT2D eigenvalue weighted by molar-refractivity contribution is -0.384. The highest BCUT2D eigenvalue weighted by atomic mass is 16.6. The van der Waals surface area contributed by atoms with Crippen molar-refractivity contribution >= 4 is 11.5 Å². The maximum atomic E-state index is 11.1. The Morgan fingerprint density at radius 1 is 1.15 bits per heavy atom. The number of ether oxygens (including phenoxy) is 1. The van der Waals surface area contributed by atoms with Crippen molar-refractivity contribution in [3.63, 3.8) is 0 Å². The quantitative estimate of drug-likeness (QED) is 0.567. The van der Waals surface area contributed by atoms with E-state index in [-0.39, 0.29) is 17.1 Å². The fraction of sp³-hybridized carbons (Fsp3) is 0.0526. The first-order valence-corrected chi connectivity index (χ1v) is 7.64. The van der Waals surface area contributed by atoms with Gasteiger partial charge in [-0.15, -0.1) is 0 Å². The van der Waals surface area contributed by atoms with Gasteiger partial charge < -0.3 is 10.5 Å². The summed E-state index contributed by atoms with van der Waals surface area (Å²) in [5.41, 5.74) is 8.30. The number of pyridine rings is 1. The van der Waals surface area contributed by atoms with Gasteiger partial charge in [0.05, 0.1) is 17.7 Å². The molecule has 7 nitrogen and oxygen atoms in total. The van der Waals surface area contributed by atoms with Crippen LogP contribution in [0.2, 0.25) is 0 Å². The fourth-order valence-electron chi connectivity index (χ4n) is 2.69. The average molecular weight is 346 g/mol. The van der Waals surface area contributed by atoms with Crippen LogP contribution in [0.3, 0.4) is 0 Å². The summed E-state index contributed by atoms with van der Waals surface area (Å²) in [6.07, 6.45) is 0. The van der Waals surface area contributed by atoms with Crippen LogP contribution >= 0.6 is 0 Å². The van der Waals surface area contributed by atoms with Crippen molar-refractivity contribution in [3.8, 4) is 34.2 Å². The zero-order chi connectivity index (χ0) is 18.7. The van der Waals surface area contributed by atoms with Crippen molar-refractivity contribution in [1.82, 2.24) is 4.98 Å². The molecular weight excluding hydrogens is 332 g/mol. The Balaban J connectivity index is 2.26. The van der Waals surface area contributed by atoms with Gasteiger partial charge >= 0.3 is 0 Å². The van der Waals surface area contributed by atoms with E-state index in [1.807, 2.05) is 24.3 Å². The molecule has 0 atom stereocenters. The third kappa shape index (κ3) is 3.03. The second-order valence-electron chi connectivity index (χ2n) is 5.43. The van der Waals surface area contributed by atoms with Crippen LogP contribution < -0.4 is 10.5 Å². The summed E-state index contributed by atoms with van der Waals surface area (Å²) < 4.78 is 5.36. The Labute approximate surface area is 149 Å². The van der Waals surface area contributed by atoms with Gasteiger partial charge in [0.15, 0.2) is 0 Å². The number of nitriles is 1. The number of non-ortho nitro benzene ring substituents is 1. The molecule has 3 aromatic rings. The summed E-state index contributed by atoms with van der Waals surface area (Å²) in [7, 11) is 1.55. The molecule has 7 heteroatoms. The molecule has 2 N–H and O–H groups in total. The van der Waals surface area contributed by atoms with E-state index < -0.39 is 4.92 Å². The Kier molecular flexibility index (Phi) is 4.50. The average Bonchev–Trinajstić information content (AvgIpc) is 2.67. The molecule has 0 saturated carbocycles. The van der Waals surface area contributed by atoms with E-state index in [1.165, 1.54) is 12.1 Å². The molecule has 0 fully saturated rings. The minimum atomic E-state index is -0.485. The molecule has 0 aliphatic heterocycles. The van der Waals surface area contributed by atoms with Gasteiger partial charge in [-0.1, -0.05) is 24.3 Å². The van der Waals surface area contributed by atoms with Gasteiger partial charge in [0.2, 0.25) is 0 Å². The molecule has 0 saturated heterocycles. The smallest absolute Gasteiger partial charge is 0.270 e. The zero-order valence-corrected chi connectivity index (χ0v) is 13.8. The lowest BCUT2D eigenvalue weighted by Crippen LogP contribution is -2.00. The normalized spacial score (nSPS) is 10.2. The maximum Gasteiger partial charge on any atom is 0.270 e. The highest BCUT2D eigenvalue weighted by molar-refractivity contribution is 5.82. The molecule has 26 heavy (non-hydrogen) atoms. The summed E-state index contributed by atoms with van der Waals surface area (Å²) in [4.78, 5) is 14.9. The second kappa shape index (κ2) is 6.91. The van der Waals surface area contributed by atoms with E-state index in [9.17, 15) is 15.4 Å². The Hall–Kier alpha value is -3.92. The number of aromatic nitrogens is 1. The highest BCUT2D eigenvalue weighted by Gasteiger charge is 2.17. The van der Waals surface area contributed by atoms with Crippen LogP contribution in [-0.4, -0.2) is 17.0 Å². The molecule has 0 amide bonds. The number of anilines is 1. The van der Waals surface area contributed by atoms with Crippen LogP contribution in [0.1, 0.15) is 5.56 Å². The molecule has 1 aromatic heterocycles. The lowest BCUT2D eigenvalue weighted by Gasteiger charge is -2.12. The Bertz CT molecular complexity index is 1040. The van der Waals surface area contributed by atoms with Gasteiger partial charge in [0.1, 0.15) is 23.2 Å². The number of methoxy groups -OCH3 is 1. The topological polar surface area (TPSA) is 115 Å². The number of hydrogen-bond donors (Lipinski definition) is 1. The van der Waals surface area contributed by atoms with E-state index in [4.69, 9.17) is 10.5 Å². The Morgan fingerprint density at radius 2 is 1.92 bits per heavy atom. The number of nitro groups is 1. The van der Waals surface area contributed by atoms with Crippen LogP contribution in [0.4, 0.5) is 11.5 Å². The number of nitrogens with zero attached hydrogens (tertiary/aromatic N) is 3. The largest absolute Gasteiger partial charge is 0.496 e. The molecule has 2 aromatic carbocycles. The maximum absolute atomic E-state index is 11.1. The summed E-state index contributed by atoms with van der Waals surface area (Å²) in [6.45, 7) is 0. The fourth-order valence-corrected chi connectivity index (χ4v) is 2.69. The molecule has 0 spiro atoms. The summed E-state index contributed by atoms with van der Waals surface area (Å²) in [5.74, 6) is 0.659. The highest BCUT2D eigenvalue weighted by Crippen LogP contribution is 2.35. The number of rotatable bonds is 4. The molecule has 1 heterocycles. The molecular formula is C19H14N4O3. The van der Waals surface area contributed by atoms with Crippen molar-refractivity contribution in [2.24, 2.45) is 0 Å². The summed E-state index contributed by atoms with van der Waals surface area (Å²) >= 11 is 0. The first-order valence-electron chi connectivity index (χ1n) is 7.64. The van der Waals surface area contributed by atoms with E-state index >= 15 is 0 Å². The third-order valence-electron chi connectivity index (χ3n) is 3.91. The number of nitro benzene ring substituents is 1. The van der Waals surface area contributed by atoms with Crippen LogP contribution in [0.5, 0.6) is 5.75 Å². The van der Waals surface area contributed by atoms with Crippen molar-refractivity contribution in [2.45, 2.75) is 0 Å². The molecule has 0 aliphatic rings. The van der Waals surface area contributed by atoms with Crippen LogP contribution in [0.15, 0.2) is 54.6 Å². The monoisotopic (exact) mass is 346 g/mol. The van der Waals surface area contributed by atoms with Crippen molar-refractivity contribution in [3.05, 3.63) is 70.3 Å². The van der Waals surface area contributed by atoms with Crippen LogP contribution in [0, 0.1) is 21.4 Å². The molecule has 3 rings (SSSR count). The van der Waals surface area contributed by atoms with E-state index in [0.29, 0.717) is 28.1 Å². The van der Waals surface area contributed by atoms with Crippen molar-refractivity contribution < 1.29 is 9.66 Å². The summed E-state index contributed by atoms with van der Waals surface area (Å²) in [5, 5.41) is 20.5. The van der Waals surface area contributed by atoms with Gasteiger partial charge in [-0.25, -0.2) is 4.98 Å². The molecule has 0 unspecified atom stereocenters. The lowest BCUT2D eigenvalue weighted by atomic mass is 9.98. The minimum absolute atomic E-state index is 0.0532. The first kappa shape index (κ1) is 16.9. The second-order valence-corrected chi connectivity index (χ2v) is 5.43. The minimum Gasteiger partial charge on any atom is -0.496 e. The molecule has 0 aliphatic carbocycles. The predicted octanol–water partition coefficient (Wildman–Crippen LogP) is 3.79. The van der Waals surface area contributed by atoms with Crippen LogP contribution in [-0.2, 0) is 0 Å².